The molecule has 1 unspecified atom stereocenters. The average Bonchev–Trinajstić information content (AvgIpc) is 3.22. The Hall–Kier alpha value is -1.02. The van der Waals surface area contributed by atoms with E-state index in [9.17, 15) is 0 Å². The summed E-state index contributed by atoms with van der Waals surface area (Å²) in [6.07, 6.45) is 0. The first-order valence-corrected chi connectivity index (χ1v) is 7.37. The summed E-state index contributed by atoms with van der Waals surface area (Å²) in [4.78, 5) is 0. The zero-order chi connectivity index (χ0) is 14.4. The second-order valence-electron chi connectivity index (χ2n) is 5.75. The number of ether oxygens (including phenoxy) is 1. The summed E-state index contributed by atoms with van der Waals surface area (Å²) in [5, 5.41) is 1.50. The van der Waals surface area contributed by atoms with Crippen molar-refractivity contribution < 1.29 is 4.74 Å². The molecule has 1 saturated heterocycles. The highest BCUT2D eigenvalue weighted by Crippen LogP contribution is 2.54. The predicted molar refractivity (Wildman–Crippen MR) is 83.6 cm³/mol. The van der Waals surface area contributed by atoms with E-state index in [1.807, 2.05) is 36.4 Å². The fourth-order valence-corrected chi connectivity index (χ4v) is 3.03. The van der Waals surface area contributed by atoms with E-state index in [-0.39, 0.29) is 11.0 Å². The van der Waals surface area contributed by atoms with Gasteiger partial charge in [0.15, 0.2) is 0 Å². The molecule has 0 aliphatic carbocycles. The van der Waals surface area contributed by atoms with Gasteiger partial charge in [0.05, 0.1) is 6.61 Å². The van der Waals surface area contributed by atoms with Crippen LogP contribution in [0, 0.1) is 0 Å². The predicted octanol–water partition coefficient (Wildman–Crippen LogP) is 5.20. The van der Waals surface area contributed by atoms with Gasteiger partial charge in [-0.1, -0.05) is 61.3 Å². The summed E-state index contributed by atoms with van der Waals surface area (Å²) in [7, 11) is 0. The van der Waals surface area contributed by atoms with E-state index in [1.54, 1.807) is 0 Å². The number of halogens is 2. The lowest BCUT2D eigenvalue weighted by atomic mass is 9.70. The maximum Gasteiger partial charge on any atom is 0.126 e. The lowest BCUT2D eigenvalue weighted by Crippen LogP contribution is -2.35. The van der Waals surface area contributed by atoms with Gasteiger partial charge in [0.1, 0.15) is 5.60 Å². The van der Waals surface area contributed by atoms with Crippen molar-refractivity contribution in [1.29, 1.82) is 0 Å². The zero-order valence-corrected chi connectivity index (χ0v) is 13.0. The monoisotopic (exact) mass is 306 g/mol. The lowest BCUT2D eigenvalue weighted by Gasteiger charge is -2.33. The average molecular weight is 307 g/mol. The first kappa shape index (κ1) is 13.9. The number of benzene rings is 2. The van der Waals surface area contributed by atoms with Crippen LogP contribution in [0.2, 0.25) is 10.0 Å². The van der Waals surface area contributed by atoms with Gasteiger partial charge >= 0.3 is 0 Å². The molecule has 0 spiro atoms. The Morgan fingerprint density at radius 1 is 0.900 bits per heavy atom. The molecule has 3 rings (SSSR count). The first-order valence-electron chi connectivity index (χ1n) is 6.62. The fourth-order valence-electron chi connectivity index (χ4n) is 2.78. The number of epoxide rings is 1. The van der Waals surface area contributed by atoms with Crippen LogP contribution in [-0.4, -0.2) is 6.61 Å². The molecule has 0 radical (unpaired) electrons. The van der Waals surface area contributed by atoms with Crippen LogP contribution >= 0.6 is 23.2 Å². The standard InChI is InChI=1S/C17H16Cl2O/c1-16(2,12-3-7-14(18)8-4-12)17(11-20-17)13-5-9-15(19)10-6-13/h3-10H,11H2,1-2H3. The van der Waals surface area contributed by atoms with Gasteiger partial charge in [0.25, 0.3) is 0 Å². The summed E-state index contributed by atoms with van der Waals surface area (Å²) in [6, 6.07) is 15.9. The molecule has 2 aromatic rings. The molecule has 1 heterocycles. The molecule has 0 aromatic heterocycles. The van der Waals surface area contributed by atoms with Crippen molar-refractivity contribution in [2.24, 2.45) is 0 Å². The Labute approximate surface area is 129 Å². The van der Waals surface area contributed by atoms with Gasteiger partial charge in [-0.3, -0.25) is 0 Å². The fraction of sp³-hybridized carbons (Fsp3) is 0.294. The zero-order valence-electron chi connectivity index (χ0n) is 11.5. The molecule has 0 N–H and O–H groups in total. The van der Waals surface area contributed by atoms with E-state index in [2.05, 4.69) is 26.0 Å². The maximum absolute atomic E-state index is 5.98. The van der Waals surface area contributed by atoms with Crippen molar-refractivity contribution >= 4 is 23.2 Å². The van der Waals surface area contributed by atoms with Gasteiger partial charge in [-0.15, -0.1) is 0 Å². The smallest absolute Gasteiger partial charge is 0.126 e. The Morgan fingerprint density at radius 2 is 1.35 bits per heavy atom. The van der Waals surface area contributed by atoms with Crippen LogP contribution in [0.25, 0.3) is 0 Å². The van der Waals surface area contributed by atoms with Gasteiger partial charge in [0, 0.05) is 15.5 Å². The van der Waals surface area contributed by atoms with Crippen LogP contribution in [0.1, 0.15) is 25.0 Å². The molecule has 2 aromatic carbocycles. The molecule has 1 fully saturated rings. The van der Waals surface area contributed by atoms with Crippen LogP contribution in [0.4, 0.5) is 0 Å². The molecule has 104 valence electrons. The number of hydrogen-bond acceptors (Lipinski definition) is 1. The summed E-state index contributed by atoms with van der Waals surface area (Å²) >= 11 is 12.0. The molecular weight excluding hydrogens is 291 g/mol. The highest BCUT2D eigenvalue weighted by Gasteiger charge is 2.58. The Kier molecular flexibility index (Phi) is 3.32. The van der Waals surface area contributed by atoms with Crippen molar-refractivity contribution in [2.75, 3.05) is 6.61 Å². The first-order chi connectivity index (χ1) is 9.46. The van der Waals surface area contributed by atoms with Crippen LogP contribution < -0.4 is 0 Å². The quantitative estimate of drug-likeness (QED) is 0.710. The topological polar surface area (TPSA) is 12.5 Å². The van der Waals surface area contributed by atoms with Crippen LogP contribution in [0.15, 0.2) is 48.5 Å². The van der Waals surface area contributed by atoms with Crippen LogP contribution in [-0.2, 0) is 15.8 Å². The van der Waals surface area contributed by atoms with Gasteiger partial charge in [-0.25, -0.2) is 0 Å². The SMILES string of the molecule is CC(C)(c1ccc(Cl)cc1)C1(c2ccc(Cl)cc2)CO1. The third-order valence-corrected chi connectivity index (χ3v) is 4.82. The molecule has 1 atom stereocenters. The Morgan fingerprint density at radius 3 is 1.80 bits per heavy atom. The van der Waals surface area contributed by atoms with Gasteiger partial charge in [0.2, 0.25) is 0 Å². The van der Waals surface area contributed by atoms with E-state index in [1.165, 1.54) is 11.1 Å². The normalized spacial score (nSPS) is 21.8. The Bertz CT molecular complexity index is 565. The summed E-state index contributed by atoms with van der Waals surface area (Å²) in [5.74, 6) is 0. The number of hydrogen-bond donors (Lipinski definition) is 0. The van der Waals surface area contributed by atoms with E-state index < -0.39 is 0 Å². The molecule has 1 aliphatic rings. The number of rotatable bonds is 3. The molecular formula is C17H16Cl2O. The van der Waals surface area contributed by atoms with Gasteiger partial charge in [-0.2, -0.15) is 0 Å². The van der Waals surface area contributed by atoms with E-state index in [4.69, 9.17) is 27.9 Å². The molecule has 0 saturated carbocycles. The van der Waals surface area contributed by atoms with Crippen molar-refractivity contribution in [2.45, 2.75) is 24.9 Å². The van der Waals surface area contributed by atoms with Crippen molar-refractivity contribution in [3.05, 3.63) is 69.7 Å². The molecule has 20 heavy (non-hydrogen) atoms. The third-order valence-electron chi connectivity index (χ3n) is 4.32. The van der Waals surface area contributed by atoms with Crippen molar-refractivity contribution in [1.82, 2.24) is 0 Å². The van der Waals surface area contributed by atoms with Crippen LogP contribution in [0.3, 0.4) is 0 Å². The largest absolute Gasteiger partial charge is 0.364 e. The maximum atomic E-state index is 5.98. The highest BCUT2D eigenvalue weighted by atomic mass is 35.5. The molecule has 3 heteroatoms. The van der Waals surface area contributed by atoms with E-state index in [0.717, 1.165) is 16.7 Å². The van der Waals surface area contributed by atoms with E-state index in [0.29, 0.717) is 0 Å². The van der Waals surface area contributed by atoms with E-state index >= 15 is 0 Å². The van der Waals surface area contributed by atoms with Gasteiger partial charge < -0.3 is 4.74 Å². The Balaban J connectivity index is 2.01. The summed E-state index contributed by atoms with van der Waals surface area (Å²) < 4.78 is 5.90. The minimum absolute atomic E-state index is 0.134. The van der Waals surface area contributed by atoms with Gasteiger partial charge in [-0.05, 0) is 35.4 Å². The molecule has 0 amide bonds. The van der Waals surface area contributed by atoms with Crippen LogP contribution in [0.5, 0.6) is 0 Å². The molecule has 0 bridgehead atoms. The highest BCUT2D eigenvalue weighted by molar-refractivity contribution is 6.30. The third kappa shape index (κ3) is 2.14. The second kappa shape index (κ2) is 4.77. The van der Waals surface area contributed by atoms with Crippen molar-refractivity contribution in [3.8, 4) is 0 Å². The second-order valence-corrected chi connectivity index (χ2v) is 6.63. The summed E-state index contributed by atoms with van der Waals surface area (Å²) in [5.41, 5.74) is 1.98. The minimum atomic E-state index is -0.272. The summed E-state index contributed by atoms with van der Waals surface area (Å²) in [6.45, 7) is 5.14. The minimum Gasteiger partial charge on any atom is -0.364 e. The molecule has 1 aliphatic heterocycles. The van der Waals surface area contributed by atoms with Crippen molar-refractivity contribution in [3.63, 3.8) is 0 Å². The molecule has 1 nitrogen and oxygen atoms in total. The lowest BCUT2D eigenvalue weighted by molar-refractivity contribution is 0.206.